The van der Waals surface area contributed by atoms with Crippen molar-refractivity contribution in [3.63, 3.8) is 0 Å². The van der Waals surface area contributed by atoms with Gasteiger partial charge in [0, 0.05) is 11.3 Å². The molecule has 0 atom stereocenters. The van der Waals surface area contributed by atoms with E-state index < -0.39 is 0 Å². The van der Waals surface area contributed by atoms with Crippen LogP contribution in [0.3, 0.4) is 0 Å². The SMILES string of the molecule is CSC1(CNc2nc(NN)nc3[nH]ncc23)CCCCC1. The van der Waals surface area contributed by atoms with Crippen molar-refractivity contribution >= 4 is 34.6 Å². The van der Waals surface area contributed by atoms with E-state index in [1.165, 1.54) is 32.1 Å². The van der Waals surface area contributed by atoms with Crippen LogP contribution in [0, 0.1) is 0 Å². The second-order valence-corrected chi connectivity index (χ2v) is 6.75. The monoisotopic (exact) mass is 307 g/mol. The van der Waals surface area contributed by atoms with E-state index in [9.17, 15) is 0 Å². The van der Waals surface area contributed by atoms with Crippen molar-refractivity contribution in [1.82, 2.24) is 20.2 Å². The first kappa shape index (κ1) is 14.4. The predicted molar refractivity (Wildman–Crippen MR) is 87.3 cm³/mol. The highest BCUT2D eigenvalue weighted by molar-refractivity contribution is 8.00. The van der Waals surface area contributed by atoms with Crippen molar-refractivity contribution in [2.75, 3.05) is 23.5 Å². The summed E-state index contributed by atoms with van der Waals surface area (Å²) in [6.07, 6.45) is 10.4. The van der Waals surface area contributed by atoms with Gasteiger partial charge in [0.25, 0.3) is 0 Å². The molecule has 0 aromatic carbocycles. The highest BCUT2D eigenvalue weighted by Crippen LogP contribution is 2.38. The van der Waals surface area contributed by atoms with Gasteiger partial charge in [-0.1, -0.05) is 19.3 Å². The van der Waals surface area contributed by atoms with Gasteiger partial charge in [-0.2, -0.15) is 26.8 Å². The average Bonchev–Trinajstić information content (AvgIpc) is 3.02. The molecule has 0 aliphatic heterocycles. The summed E-state index contributed by atoms with van der Waals surface area (Å²) in [5.74, 6) is 6.59. The van der Waals surface area contributed by atoms with Crippen LogP contribution in [0.15, 0.2) is 6.20 Å². The summed E-state index contributed by atoms with van der Waals surface area (Å²) in [5, 5.41) is 11.3. The van der Waals surface area contributed by atoms with E-state index in [0.29, 0.717) is 16.3 Å². The standard InChI is InChI=1S/C13H21N7S/c1-21-13(5-3-2-4-6-13)8-15-10-9-7-16-20-11(9)18-12(17-10)19-14/h7H,2-6,8,14H2,1H3,(H3,15,16,17,18,19,20). The zero-order valence-electron chi connectivity index (χ0n) is 12.1. The maximum Gasteiger partial charge on any atom is 0.241 e. The van der Waals surface area contributed by atoms with Crippen LogP contribution >= 0.6 is 11.8 Å². The van der Waals surface area contributed by atoms with Gasteiger partial charge in [0.05, 0.1) is 11.6 Å². The van der Waals surface area contributed by atoms with Crippen LogP contribution in [0.4, 0.5) is 11.8 Å². The van der Waals surface area contributed by atoms with Crippen LogP contribution in [0.2, 0.25) is 0 Å². The fourth-order valence-electron chi connectivity index (χ4n) is 2.93. The van der Waals surface area contributed by atoms with Gasteiger partial charge in [-0.05, 0) is 19.1 Å². The van der Waals surface area contributed by atoms with Crippen molar-refractivity contribution in [2.45, 2.75) is 36.9 Å². The fraction of sp³-hybridized carbons (Fsp3) is 0.615. The molecule has 0 spiro atoms. The first-order valence-corrected chi connectivity index (χ1v) is 8.45. The number of rotatable bonds is 5. The van der Waals surface area contributed by atoms with Crippen LogP contribution in [0.25, 0.3) is 11.0 Å². The first-order valence-electron chi connectivity index (χ1n) is 7.23. The molecule has 1 saturated carbocycles. The zero-order valence-corrected chi connectivity index (χ0v) is 13.0. The topological polar surface area (TPSA) is 105 Å². The minimum atomic E-state index is 0.301. The van der Waals surface area contributed by atoms with Crippen LogP contribution < -0.4 is 16.6 Å². The summed E-state index contributed by atoms with van der Waals surface area (Å²) in [6.45, 7) is 0.898. The van der Waals surface area contributed by atoms with Crippen LogP contribution in [0.5, 0.6) is 0 Å². The normalized spacial score (nSPS) is 17.8. The van der Waals surface area contributed by atoms with Crippen molar-refractivity contribution in [3.05, 3.63) is 6.20 Å². The number of aromatic nitrogens is 4. The number of nitrogens with zero attached hydrogens (tertiary/aromatic N) is 3. The largest absolute Gasteiger partial charge is 0.368 e. The number of nitrogens with two attached hydrogens (primary N) is 1. The van der Waals surface area contributed by atoms with Crippen molar-refractivity contribution in [1.29, 1.82) is 0 Å². The van der Waals surface area contributed by atoms with Crippen LogP contribution in [-0.2, 0) is 0 Å². The summed E-state index contributed by atoms with van der Waals surface area (Å²) >= 11 is 1.96. The Labute approximate surface area is 127 Å². The summed E-state index contributed by atoms with van der Waals surface area (Å²) in [7, 11) is 0. The number of thioether (sulfide) groups is 1. The molecule has 0 radical (unpaired) electrons. The Hall–Kier alpha value is -1.54. The lowest BCUT2D eigenvalue weighted by Gasteiger charge is -2.36. The smallest absolute Gasteiger partial charge is 0.241 e. The van der Waals surface area contributed by atoms with E-state index in [0.717, 1.165) is 17.7 Å². The third-order valence-corrected chi connectivity index (χ3v) is 5.63. The maximum atomic E-state index is 5.43. The number of hydrogen-bond donors (Lipinski definition) is 4. The Morgan fingerprint density at radius 1 is 1.33 bits per heavy atom. The molecular formula is C13H21N7S. The lowest BCUT2D eigenvalue weighted by molar-refractivity contribution is 0.411. The fourth-order valence-corrected chi connectivity index (χ4v) is 3.84. The Bertz CT molecular complexity index is 606. The number of hydrogen-bond acceptors (Lipinski definition) is 7. The summed E-state index contributed by atoms with van der Waals surface area (Å²) in [5.41, 5.74) is 3.18. The van der Waals surface area contributed by atoms with E-state index in [1.807, 2.05) is 11.8 Å². The van der Waals surface area contributed by atoms with Crippen molar-refractivity contribution in [2.24, 2.45) is 5.84 Å². The molecule has 2 heterocycles. The van der Waals surface area contributed by atoms with E-state index in [-0.39, 0.29) is 0 Å². The summed E-state index contributed by atoms with van der Waals surface area (Å²) in [4.78, 5) is 8.65. The molecule has 21 heavy (non-hydrogen) atoms. The molecule has 7 nitrogen and oxygen atoms in total. The molecule has 8 heteroatoms. The minimum Gasteiger partial charge on any atom is -0.368 e. The van der Waals surface area contributed by atoms with Gasteiger partial charge in [0.1, 0.15) is 5.82 Å². The second-order valence-electron chi connectivity index (χ2n) is 5.47. The molecule has 2 aromatic heterocycles. The molecule has 0 unspecified atom stereocenters. The van der Waals surface area contributed by atoms with Gasteiger partial charge in [0.15, 0.2) is 5.65 Å². The summed E-state index contributed by atoms with van der Waals surface area (Å²) in [6, 6.07) is 0. The lowest BCUT2D eigenvalue weighted by Crippen LogP contribution is -2.35. The minimum absolute atomic E-state index is 0.301. The average molecular weight is 307 g/mol. The van der Waals surface area contributed by atoms with E-state index >= 15 is 0 Å². The number of hydrazine groups is 1. The molecule has 0 saturated heterocycles. The van der Waals surface area contributed by atoms with Crippen molar-refractivity contribution < 1.29 is 0 Å². The number of nitrogen functional groups attached to an aromatic ring is 1. The van der Waals surface area contributed by atoms with Gasteiger partial charge in [-0.15, -0.1) is 0 Å². The number of fused-ring (bicyclic) bond motifs is 1. The highest BCUT2D eigenvalue weighted by Gasteiger charge is 2.31. The maximum absolute atomic E-state index is 5.43. The van der Waals surface area contributed by atoms with E-state index in [2.05, 4.69) is 37.2 Å². The first-order chi connectivity index (χ1) is 10.3. The van der Waals surface area contributed by atoms with Gasteiger partial charge in [0.2, 0.25) is 5.95 Å². The van der Waals surface area contributed by atoms with Gasteiger partial charge in [-0.3, -0.25) is 10.5 Å². The second kappa shape index (κ2) is 6.07. The highest BCUT2D eigenvalue weighted by atomic mass is 32.2. The number of nitrogens with one attached hydrogen (secondary N) is 3. The van der Waals surface area contributed by atoms with Gasteiger partial charge < -0.3 is 5.32 Å². The van der Waals surface area contributed by atoms with E-state index in [4.69, 9.17) is 5.84 Å². The Kier molecular flexibility index (Phi) is 4.16. The number of H-pyrrole nitrogens is 1. The summed E-state index contributed by atoms with van der Waals surface area (Å²) < 4.78 is 0.301. The van der Waals surface area contributed by atoms with Crippen molar-refractivity contribution in [3.8, 4) is 0 Å². The lowest BCUT2D eigenvalue weighted by atomic mass is 9.88. The third-order valence-electron chi connectivity index (χ3n) is 4.21. The zero-order chi connectivity index (χ0) is 14.7. The molecule has 1 aliphatic carbocycles. The molecule has 1 fully saturated rings. The van der Waals surface area contributed by atoms with Crippen LogP contribution in [-0.4, -0.2) is 37.7 Å². The molecule has 3 rings (SSSR count). The third kappa shape index (κ3) is 2.91. The number of aromatic amines is 1. The molecule has 2 aromatic rings. The Balaban J connectivity index is 1.82. The quantitative estimate of drug-likeness (QED) is 0.495. The molecule has 1 aliphatic rings. The predicted octanol–water partition coefficient (Wildman–Crippen LogP) is 2.12. The molecular weight excluding hydrogens is 286 g/mol. The van der Waals surface area contributed by atoms with Gasteiger partial charge >= 0.3 is 0 Å². The molecule has 114 valence electrons. The Morgan fingerprint density at radius 2 is 2.14 bits per heavy atom. The van der Waals surface area contributed by atoms with E-state index in [1.54, 1.807) is 6.20 Å². The van der Waals surface area contributed by atoms with Gasteiger partial charge in [-0.25, -0.2) is 5.84 Å². The molecule has 5 N–H and O–H groups in total. The number of anilines is 2. The van der Waals surface area contributed by atoms with Crippen LogP contribution in [0.1, 0.15) is 32.1 Å². The Morgan fingerprint density at radius 3 is 2.86 bits per heavy atom. The molecule has 0 bridgehead atoms. The molecule has 0 amide bonds.